The molecule has 0 saturated carbocycles. The second-order valence-corrected chi connectivity index (χ2v) is 6.57. The number of pyridine rings is 1. The maximum absolute atomic E-state index is 12.7. The second kappa shape index (κ2) is 7.17. The van der Waals surface area contributed by atoms with Crippen molar-refractivity contribution in [3.8, 4) is 5.88 Å². The smallest absolute Gasteiger partial charge is 0.255 e. The molecule has 2 heterocycles. The normalized spacial score (nSPS) is 21.3. The van der Waals surface area contributed by atoms with E-state index >= 15 is 0 Å². The Morgan fingerprint density at radius 2 is 2.13 bits per heavy atom. The standard InChI is InChI=1S/C16H22ClN3O3/c1-9(2)23-15-13(17)6-12(7-19-15)16(22)20-8-11(14(18)21)5-4-10(20)3/h6-7,9-11H,4-5,8H2,1-3H3,(H2,18,21)/t10-,11+/m0/s1. The molecule has 126 valence electrons. The Morgan fingerprint density at radius 1 is 1.43 bits per heavy atom. The van der Waals surface area contributed by atoms with Gasteiger partial charge in [-0.25, -0.2) is 4.98 Å². The monoisotopic (exact) mass is 339 g/mol. The maximum Gasteiger partial charge on any atom is 0.255 e. The summed E-state index contributed by atoms with van der Waals surface area (Å²) < 4.78 is 5.47. The average Bonchev–Trinajstić information content (AvgIpc) is 2.48. The van der Waals surface area contributed by atoms with Crippen molar-refractivity contribution in [2.24, 2.45) is 11.7 Å². The molecule has 2 rings (SSSR count). The van der Waals surface area contributed by atoms with Gasteiger partial charge in [0.1, 0.15) is 5.02 Å². The zero-order valence-corrected chi connectivity index (χ0v) is 14.3. The number of nitrogens with two attached hydrogens (primary N) is 1. The fraction of sp³-hybridized carbons (Fsp3) is 0.562. The lowest BCUT2D eigenvalue weighted by atomic mass is 9.92. The summed E-state index contributed by atoms with van der Waals surface area (Å²) in [5.74, 6) is -0.567. The number of primary amides is 1. The molecule has 0 unspecified atom stereocenters. The molecule has 2 N–H and O–H groups in total. The van der Waals surface area contributed by atoms with Crippen molar-refractivity contribution in [1.29, 1.82) is 0 Å². The van der Waals surface area contributed by atoms with Crippen molar-refractivity contribution in [3.05, 3.63) is 22.8 Å². The van der Waals surface area contributed by atoms with Gasteiger partial charge >= 0.3 is 0 Å². The van der Waals surface area contributed by atoms with Gasteiger partial charge in [0.05, 0.1) is 17.6 Å². The number of likely N-dealkylation sites (tertiary alicyclic amines) is 1. The van der Waals surface area contributed by atoms with Gasteiger partial charge in [0.25, 0.3) is 5.91 Å². The number of carbonyl (C=O) groups excluding carboxylic acids is 2. The first-order chi connectivity index (χ1) is 10.8. The van der Waals surface area contributed by atoms with Crippen LogP contribution in [0.4, 0.5) is 0 Å². The molecule has 23 heavy (non-hydrogen) atoms. The van der Waals surface area contributed by atoms with E-state index in [2.05, 4.69) is 4.98 Å². The predicted octanol–water partition coefficient (Wildman–Crippen LogP) is 2.25. The molecule has 1 aliphatic rings. The molecule has 7 heteroatoms. The van der Waals surface area contributed by atoms with Crippen LogP contribution in [-0.4, -0.2) is 40.4 Å². The number of aromatic nitrogens is 1. The quantitative estimate of drug-likeness (QED) is 0.911. The van der Waals surface area contributed by atoms with Gasteiger partial charge in [-0.2, -0.15) is 0 Å². The SMILES string of the molecule is CC(C)Oc1ncc(C(=O)N2C[C@H](C(N)=O)CC[C@@H]2C)cc1Cl. The lowest BCUT2D eigenvalue weighted by molar-refractivity contribution is -0.123. The third kappa shape index (κ3) is 4.13. The van der Waals surface area contributed by atoms with E-state index in [1.54, 1.807) is 11.0 Å². The maximum atomic E-state index is 12.7. The van der Waals surface area contributed by atoms with E-state index in [-0.39, 0.29) is 29.9 Å². The van der Waals surface area contributed by atoms with Crippen LogP contribution in [0.3, 0.4) is 0 Å². The fourth-order valence-electron chi connectivity index (χ4n) is 2.64. The summed E-state index contributed by atoms with van der Waals surface area (Å²) >= 11 is 6.14. The van der Waals surface area contributed by atoms with E-state index < -0.39 is 0 Å². The molecule has 1 saturated heterocycles. The number of hydrogen-bond acceptors (Lipinski definition) is 4. The molecular weight excluding hydrogens is 318 g/mol. The first-order valence-electron chi connectivity index (χ1n) is 7.72. The van der Waals surface area contributed by atoms with Gasteiger partial charge in [0, 0.05) is 18.8 Å². The number of hydrogen-bond donors (Lipinski definition) is 1. The van der Waals surface area contributed by atoms with Crippen LogP contribution in [0.25, 0.3) is 0 Å². The number of piperidine rings is 1. The van der Waals surface area contributed by atoms with Crippen LogP contribution < -0.4 is 10.5 Å². The van der Waals surface area contributed by atoms with E-state index in [9.17, 15) is 9.59 Å². The topological polar surface area (TPSA) is 85.5 Å². The van der Waals surface area contributed by atoms with Crippen LogP contribution in [0, 0.1) is 5.92 Å². The summed E-state index contributed by atoms with van der Waals surface area (Å²) in [6.07, 6.45) is 2.85. The zero-order chi connectivity index (χ0) is 17.1. The molecule has 1 aliphatic heterocycles. The Kier molecular flexibility index (Phi) is 5.46. The van der Waals surface area contributed by atoms with Gasteiger partial charge in [-0.3, -0.25) is 9.59 Å². The Labute approximate surface area is 140 Å². The molecule has 0 aromatic carbocycles. The summed E-state index contributed by atoms with van der Waals surface area (Å²) in [6.45, 7) is 6.03. The summed E-state index contributed by atoms with van der Waals surface area (Å²) in [5, 5.41) is 0.292. The number of nitrogens with zero attached hydrogens (tertiary/aromatic N) is 2. The average molecular weight is 340 g/mol. The second-order valence-electron chi connectivity index (χ2n) is 6.16. The van der Waals surface area contributed by atoms with Crippen molar-refractivity contribution in [1.82, 2.24) is 9.88 Å². The molecule has 2 amide bonds. The molecule has 0 bridgehead atoms. The van der Waals surface area contributed by atoms with E-state index in [0.717, 1.165) is 6.42 Å². The van der Waals surface area contributed by atoms with Crippen molar-refractivity contribution < 1.29 is 14.3 Å². The molecular formula is C16H22ClN3O3. The van der Waals surface area contributed by atoms with E-state index in [1.807, 2.05) is 20.8 Å². The van der Waals surface area contributed by atoms with Gasteiger partial charge in [-0.05, 0) is 39.7 Å². The summed E-state index contributed by atoms with van der Waals surface area (Å²) in [7, 11) is 0. The van der Waals surface area contributed by atoms with Crippen LogP contribution >= 0.6 is 11.6 Å². The van der Waals surface area contributed by atoms with Gasteiger partial charge in [-0.1, -0.05) is 11.6 Å². The minimum absolute atomic E-state index is 0.0449. The van der Waals surface area contributed by atoms with Crippen LogP contribution in [0.15, 0.2) is 12.3 Å². The fourth-order valence-corrected chi connectivity index (χ4v) is 2.85. The minimum Gasteiger partial charge on any atom is -0.474 e. The molecule has 0 aliphatic carbocycles. The largest absolute Gasteiger partial charge is 0.474 e. The van der Waals surface area contributed by atoms with Gasteiger partial charge < -0.3 is 15.4 Å². The first kappa shape index (κ1) is 17.5. The molecule has 2 atom stereocenters. The highest BCUT2D eigenvalue weighted by atomic mass is 35.5. The van der Waals surface area contributed by atoms with Gasteiger partial charge in [-0.15, -0.1) is 0 Å². The van der Waals surface area contributed by atoms with E-state index in [4.69, 9.17) is 22.1 Å². The Balaban J connectivity index is 2.18. The molecule has 6 nitrogen and oxygen atoms in total. The molecule has 1 aromatic rings. The van der Waals surface area contributed by atoms with Gasteiger partial charge in [0.15, 0.2) is 0 Å². The van der Waals surface area contributed by atoms with Crippen molar-refractivity contribution in [3.63, 3.8) is 0 Å². The highest BCUT2D eigenvalue weighted by Crippen LogP contribution is 2.27. The van der Waals surface area contributed by atoms with Crippen molar-refractivity contribution in [2.75, 3.05) is 6.54 Å². The summed E-state index contributed by atoms with van der Waals surface area (Å²) in [6, 6.07) is 1.60. The van der Waals surface area contributed by atoms with Crippen LogP contribution in [-0.2, 0) is 4.79 Å². The number of carbonyl (C=O) groups is 2. The highest BCUT2D eigenvalue weighted by Gasteiger charge is 2.32. The van der Waals surface area contributed by atoms with Crippen LogP contribution in [0.2, 0.25) is 5.02 Å². The zero-order valence-electron chi connectivity index (χ0n) is 13.6. The Bertz CT molecular complexity index is 606. The van der Waals surface area contributed by atoms with Crippen molar-refractivity contribution in [2.45, 2.75) is 45.8 Å². The number of amides is 2. The Morgan fingerprint density at radius 3 is 2.70 bits per heavy atom. The van der Waals surface area contributed by atoms with E-state index in [0.29, 0.717) is 29.4 Å². The minimum atomic E-state index is -0.369. The highest BCUT2D eigenvalue weighted by molar-refractivity contribution is 6.32. The lowest BCUT2D eigenvalue weighted by Crippen LogP contribution is -2.48. The van der Waals surface area contributed by atoms with Crippen LogP contribution in [0.5, 0.6) is 5.88 Å². The molecule has 1 fully saturated rings. The number of ether oxygens (including phenoxy) is 1. The van der Waals surface area contributed by atoms with Crippen molar-refractivity contribution >= 4 is 23.4 Å². The summed E-state index contributed by atoms with van der Waals surface area (Å²) in [4.78, 5) is 29.9. The van der Waals surface area contributed by atoms with E-state index in [1.165, 1.54) is 6.20 Å². The third-order valence-electron chi connectivity index (χ3n) is 3.95. The predicted molar refractivity (Wildman–Crippen MR) is 87.4 cm³/mol. The Hall–Kier alpha value is -1.82. The molecule has 1 aromatic heterocycles. The van der Waals surface area contributed by atoms with Crippen LogP contribution in [0.1, 0.15) is 44.0 Å². The summed E-state index contributed by atoms with van der Waals surface area (Å²) in [5.41, 5.74) is 5.75. The van der Waals surface area contributed by atoms with Gasteiger partial charge in [0.2, 0.25) is 11.8 Å². The molecule has 0 spiro atoms. The number of rotatable bonds is 4. The first-order valence-corrected chi connectivity index (χ1v) is 8.10. The lowest BCUT2D eigenvalue weighted by Gasteiger charge is -2.36. The third-order valence-corrected chi connectivity index (χ3v) is 4.22. The molecule has 0 radical (unpaired) electrons. The number of halogens is 1.